The molecule has 0 bridgehead atoms. The van der Waals surface area contributed by atoms with Gasteiger partial charge in [-0.25, -0.2) is 4.39 Å². The molecule has 4 heteroatoms. The third-order valence-corrected chi connectivity index (χ3v) is 2.95. The maximum absolute atomic E-state index is 13.3. The number of ketones is 1. The highest BCUT2D eigenvalue weighted by Crippen LogP contribution is 2.06. The molecule has 18 heavy (non-hydrogen) atoms. The maximum Gasteiger partial charge on any atom is 0.240 e. The van der Waals surface area contributed by atoms with E-state index in [9.17, 15) is 9.18 Å². The van der Waals surface area contributed by atoms with Crippen molar-refractivity contribution in [3.05, 3.63) is 35.6 Å². The van der Waals surface area contributed by atoms with Crippen molar-refractivity contribution in [2.45, 2.75) is 0 Å². The van der Waals surface area contributed by atoms with E-state index in [0.717, 1.165) is 26.2 Å². The van der Waals surface area contributed by atoms with E-state index >= 15 is 0 Å². The number of halogens is 1. The lowest BCUT2D eigenvalue weighted by atomic mass is 10.1. The quantitative estimate of drug-likeness (QED) is 0.550. The van der Waals surface area contributed by atoms with Gasteiger partial charge in [-0.15, -0.1) is 0 Å². The van der Waals surface area contributed by atoms with Crippen LogP contribution in [0.15, 0.2) is 24.3 Å². The molecular weight excluding hydrogens is 231 g/mol. The van der Waals surface area contributed by atoms with E-state index in [0.29, 0.717) is 0 Å². The van der Waals surface area contributed by atoms with Gasteiger partial charge in [0.25, 0.3) is 0 Å². The van der Waals surface area contributed by atoms with Crippen LogP contribution in [0.2, 0.25) is 0 Å². The molecule has 94 valence electrons. The monoisotopic (exact) mass is 246 g/mol. The SMILES string of the molecule is CN1CCN(C#CC(=O)c2ccccc2F)CC1. The Hall–Kier alpha value is -1.86. The number of hydrogen-bond acceptors (Lipinski definition) is 3. The number of rotatable bonds is 1. The minimum absolute atomic E-state index is 0.0409. The number of Topliss-reactive ketones (excluding diaryl/α,β-unsaturated/α-hetero) is 1. The average Bonchev–Trinajstić information content (AvgIpc) is 2.38. The summed E-state index contributed by atoms with van der Waals surface area (Å²) >= 11 is 0. The maximum atomic E-state index is 13.3. The molecule has 2 rings (SSSR count). The first-order valence-corrected chi connectivity index (χ1v) is 5.91. The van der Waals surface area contributed by atoms with Crippen LogP contribution in [0.3, 0.4) is 0 Å². The van der Waals surface area contributed by atoms with Gasteiger partial charge in [-0.05, 0) is 19.2 Å². The van der Waals surface area contributed by atoms with Crippen molar-refractivity contribution in [1.29, 1.82) is 0 Å². The van der Waals surface area contributed by atoms with Gasteiger partial charge in [0.05, 0.1) is 5.56 Å². The molecule has 1 aromatic rings. The van der Waals surface area contributed by atoms with Gasteiger partial charge < -0.3 is 9.80 Å². The van der Waals surface area contributed by atoms with Crippen LogP contribution in [0.4, 0.5) is 4.39 Å². The number of carbonyl (C=O) groups is 1. The third-order valence-electron chi connectivity index (χ3n) is 2.95. The van der Waals surface area contributed by atoms with Crippen molar-refractivity contribution < 1.29 is 9.18 Å². The van der Waals surface area contributed by atoms with Crippen LogP contribution < -0.4 is 0 Å². The van der Waals surface area contributed by atoms with Crippen molar-refractivity contribution in [2.24, 2.45) is 0 Å². The van der Waals surface area contributed by atoms with Gasteiger partial charge in [0.15, 0.2) is 0 Å². The Kier molecular flexibility index (Phi) is 3.96. The summed E-state index contributed by atoms with van der Waals surface area (Å²) in [4.78, 5) is 15.8. The standard InChI is InChI=1S/C14H15FN2O/c1-16-8-10-17(11-9-16)7-6-14(18)12-4-2-3-5-13(12)15/h2-5H,8-11H2,1H3. The van der Waals surface area contributed by atoms with Gasteiger partial charge >= 0.3 is 0 Å². The minimum atomic E-state index is -0.518. The minimum Gasteiger partial charge on any atom is -0.330 e. The van der Waals surface area contributed by atoms with Crippen LogP contribution in [-0.4, -0.2) is 48.8 Å². The number of benzene rings is 1. The normalized spacial score (nSPS) is 16.0. The Morgan fingerprint density at radius 3 is 2.56 bits per heavy atom. The number of carbonyl (C=O) groups excluding carboxylic acids is 1. The predicted molar refractivity (Wildman–Crippen MR) is 67.6 cm³/mol. The lowest BCUT2D eigenvalue weighted by molar-refractivity contribution is 0.105. The Morgan fingerprint density at radius 1 is 1.22 bits per heavy atom. The molecule has 1 saturated heterocycles. The number of piperazine rings is 1. The largest absolute Gasteiger partial charge is 0.330 e. The lowest BCUT2D eigenvalue weighted by Gasteiger charge is -2.29. The van der Waals surface area contributed by atoms with Crippen LogP contribution in [-0.2, 0) is 0 Å². The summed E-state index contributed by atoms with van der Waals surface area (Å²) in [5, 5.41) is 0. The lowest BCUT2D eigenvalue weighted by Crippen LogP contribution is -2.42. The van der Waals surface area contributed by atoms with Gasteiger partial charge in [-0.1, -0.05) is 12.1 Å². The van der Waals surface area contributed by atoms with Gasteiger partial charge in [0, 0.05) is 38.1 Å². The van der Waals surface area contributed by atoms with Crippen molar-refractivity contribution in [3.63, 3.8) is 0 Å². The van der Waals surface area contributed by atoms with Crippen LogP contribution >= 0.6 is 0 Å². The second-order valence-corrected chi connectivity index (χ2v) is 4.34. The molecule has 0 radical (unpaired) electrons. The first-order chi connectivity index (χ1) is 8.66. The molecule has 3 nitrogen and oxygen atoms in total. The number of nitrogens with zero attached hydrogens (tertiary/aromatic N) is 2. The van der Waals surface area contributed by atoms with E-state index in [1.807, 2.05) is 4.90 Å². The van der Waals surface area contributed by atoms with Crippen LogP contribution in [0.25, 0.3) is 0 Å². The summed E-state index contributed by atoms with van der Waals surface area (Å²) in [6, 6.07) is 8.72. The first kappa shape index (κ1) is 12.6. The van der Waals surface area contributed by atoms with Crippen molar-refractivity contribution in [1.82, 2.24) is 9.80 Å². The molecule has 0 saturated carbocycles. The highest BCUT2D eigenvalue weighted by atomic mass is 19.1. The summed E-state index contributed by atoms with van der Waals surface area (Å²) in [5.74, 6) is 1.52. The van der Waals surface area contributed by atoms with E-state index < -0.39 is 11.6 Å². The van der Waals surface area contributed by atoms with Crippen molar-refractivity contribution in [3.8, 4) is 12.0 Å². The number of likely N-dealkylation sites (N-methyl/N-ethyl adjacent to an activating group) is 1. The van der Waals surface area contributed by atoms with Gasteiger partial charge in [0.1, 0.15) is 5.82 Å². The average molecular weight is 246 g/mol. The first-order valence-electron chi connectivity index (χ1n) is 5.91. The predicted octanol–water partition coefficient (Wildman–Crippen LogP) is 1.22. The summed E-state index contributed by atoms with van der Waals surface area (Å²) in [6.45, 7) is 3.49. The zero-order valence-corrected chi connectivity index (χ0v) is 10.3. The summed E-state index contributed by atoms with van der Waals surface area (Å²) in [5.41, 5.74) is 0.0409. The zero-order valence-electron chi connectivity index (χ0n) is 10.3. The van der Waals surface area contributed by atoms with Gasteiger partial charge in [-0.2, -0.15) is 0 Å². The highest BCUT2D eigenvalue weighted by molar-refractivity contribution is 6.09. The van der Waals surface area contributed by atoms with E-state index in [2.05, 4.69) is 23.9 Å². The Labute approximate surface area is 106 Å². The Morgan fingerprint density at radius 2 is 1.89 bits per heavy atom. The molecular formula is C14H15FN2O. The van der Waals surface area contributed by atoms with E-state index in [-0.39, 0.29) is 5.56 Å². The summed E-state index contributed by atoms with van der Waals surface area (Å²) in [7, 11) is 2.05. The molecule has 1 aromatic carbocycles. The Bertz CT molecular complexity index is 496. The fourth-order valence-electron chi connectivity index (χ4n) is 1.76. The molecule has 1 aliphatic rings. The molecule has 0 unspecified atom stereocenters. The van der Waals surface area contributed by atoms with Gasteiger partial charge in [-0.3, -0.25) is 4.79 Å². The molecule has 1 fully saturated rings. The van der Waals surface area contributed by atoms with Crippen molar-refractivity contribution >= 4 is 5.78 Å². The second-order valence-electron chi connectivity index (χ2n) is 4.34. The van der Waals surface area contributed by atoms with E-state index in [4.69, 9.17) is 0 Å². The highest BCUT2D eigenvalue weighted by Gasteiger charge is 2.11. The summed E-state index contributed by atoms with van der Waals surface area (Å²) < 4.78 is 13.3. The van der Waals surface area contributed by atoms with Crippen LogP contribution in [0.1, 0.15) is 10.4 Å². The molecule has 0 aliphatic carbocycles. The fourth-order valence-corrected chi connectivity index (χ4v) is 1.76. The molecule has 0 atom stereocenters. The summed E-state index contributed by atoms with van der Waals surface area (Å²) in [6.07, 6.45) is 0. The smallest absolute Gasteiger partial charge is 0.240 e. The zero-order chi connectivity index (χ0) is 13.0. The van der Waals surface area contributed by atoms with E-state index in [1.54, 1.807) is 12.1 Å². The third kappa shape index (κ3) is 3.08. The number of hydrogen-bond donors (Lipinski definition) is 0. The van der Waals surface area contributed by atoms with Crippen molar-refractivity contribution in [2.75, 3.05) is 33.2 Å². The molecule has 0 amide bonds. The Balaban J connectivity index is 2.02. The fraction of sp³-hybridized carbons (Fsp3) is 0.357. The molecule has 0 N–H and O–H groups in total. The van der Waals surface area contributed by atoms with Crippen LogP contribution in [0, 0.1) is 17.8 Å². The van der Waals surface area contributed by atoms with Crippen LogP contribution in [0.5, 0.6) is 0 Å². The molecule has 1 heterocycles. The second kappa shape index (κ2) is 5.65. The molecule has 0 aromatic heterocycles. The van der Waals surface area contributed by atoms with E-state index in [1.165, 1.54) is 12.1 Å². The van der Waals surface area contributed by atoms with Gasteiger partial charge in [0.2, 0.25) is 5.78 Å². The molecule has 1 aliphatic heterocycles. The molecule has 0 spiro atoms. The topological polar surface area (TPSA) is 23.6 Å².